The topological polar surface area (TPSA) is 167 Å². The average molecular weight is 1480 g/mol. The van der Waals surface area contributed by atoms with Gasteiger partial charge in [0.1, 0.15) is 12.8 Å². The highest BCUT2D eigenvalue weighted by Crippen LogP contribution is 2.47. The molecule has 0 saturated heterocycles. The fraction of sp³-hybridized carbons (Fsp3) is 0.692. The van der Waals surface area contributed by atoms with Crippen LogP contribution in [-0.2, 0) is 66.0 Å². The van der Waals surface area contributed by atoms with Gasteiger partial charge in [0.05, 0.1) is 0 Å². The van der Waals surface area contributed by atoms with E-state index in [4.69, 9.17) is 25.3 Å². The van der Waals surface area contributed by atoms with Crippen molar-refractivity contribution in [3.8, 4) is 0 Å². The lowest BCUT2D eigenvalue weighted by molar-refractivity contribution is -0.513. The van der Waals surface area contributed by atoms with Crippen molar-refractivity contribution in [1.29, 1.82) is 0 Å². The fourth-order valence-corrected chi connectivity index (χ4v) is 1.30. The molecule has 0 spiro atoms. The number of rotatable bonds is 16. The molecule has 0 rings (SSSR count). The summed E-state index contributed by atoms with van der Waals surface area (Å²) in [5, 5.41) is 0. The van der Waals surface area contributed by atoms with Crippen molar-refractivity contribution in [2.24, 2.45) is 0 Å². The van der Waals surface area contributed by atoms with Crippen LogP contribution in [0, 0.1) is 0 Å². The van der Waals surface area contributed by atoms with Gasteiger partial charge in [-0.2, -0.15) is 158 Å². The monoisotopic (exact) mass is 1480 g/mol. The van der Waals surface area contributed by atoms with E-state index in [1.807, 2.05) is 4.94 Å². The van der Waals surface area contributed by atoms with Crippen LogP contribution in [0.1, 0.15) is 12.8 Å². The van der Waals surface area contributed by atoms with Gasteiger partial charge in [-0.25, -0.2) is 27.0 Å². The first-order valence-electron chi connectivity index (χ1n) is 16.2. The minimum absolute atomic E-state index is 1.23. The van der Waals surface area contributed by atoms with Gasteiger partial charge in [0, 0.05) is 0 Å². The van der Waals surface area contributed by atoms with Crippen molar-refractivity contribution in [3.05, 3.63) is 52.1 Å². The molecule has 0 aliphatic carbocycles. The van der Waals surface area contributed by atoms with Gasteiger partial charge in [-0.3, -0.25) is 0 Å². The molecule has 0 atom stereocenters. The Kier molecular flexibility index (Phi) is 64.6. The Balaban J connectivity index is -0.0000000643. The van der Waals surface area contributed by atoms with Crippen LogP contribution in [-0.4, -0.2) is 125 Å². The van der Waals surface area contributed by atoms with E-state index in [9.17, 15) is 191 Å². The maximum Gasteiger partial charge on any atom is 0.476 e. The van der Waals surface area contributed by atoms with Gasteiger partial charge in [-0.05, 0) is 29.2 Å². The summed E-state index contributed by atoms with van der Waals surface area (Å²) in [4.78, 5) is 9.00. The number of halogens is 44. The fourth-order valence-electron chi connectivity index (χ4n) is 1.30. The standard InChI is InChI=1S/C6H4F10O2.C3F8O.2C3H2F6O.C2H2F4O.C2H2F2.3C2H4.CH2F2O.3F2O2S/c7-1-3(9,10)17-5(13,14)6(15,16)18-4(11,12)2-8;4-1(5,2(6,7)8)3(9,10)12-11;2*4-2(5,6)1-3(7,8)10-9;3-1-2(4,5)7-6;1-2(3)4;3*1-2;2-1-4-3;3*1-5(2,3)4/h1-2H2;;2*1H2;1H2;1H2;3*1-2H2;1H2;;;. The highest BCUT2D eigenvalue weighted by atomic mass is 32.3. The van der Waals surface area contributed by atoms with Crippen LogP contribution >= 0.6 is 0 Å². The molecular formula is C26H26F44O13S3. The van der Waals surface area contributed by atoms with Crippen molar-refractivity contribution < 1.29 is 250 Å². The van der Waals surface area contributed by atoms with Gasteiger partial charge in [0.2, 0.25) is 6.86 Å². The lowest BCUT2D eigenvalue weighted by Gasteiger charge is -2.29. The van der Waals surface area contributed by atoms with Gasteiger partial charge < -0.3 is 0 Å². The molecule has 60 heteroatoms. The third-order valence-corrected chi connectivity index (χ3v) is 3.37. The summed E-state index contributed by atoms with van der Waals surface area (Å²) < 4.78 is 539. The predicted molar refractivity (Wildman–Crippen MR) is 187 cm³/mol. The van der Waals surface area contributed by atoms with Crippen molar-refractivity contribution >= 4 is 31.8 Å². The molecule has 0 heterocycles. The summed E-state index contributed by atoms with van der Waals surface area (Å²) in [6.45, 7) is 10.9. The molecule has 0 N–H and O–H groups in total. The van der Waals surface area contributed by atoms with Crippen LogP contribution in [0.25, 0.3) is 0 Å². The third kappa shape index (κ3) is 104. The number of hydrogen-bond acceptors (Lipinski definition) is 13. The van der Waals surface area contributed by atoms with Crippen molar-refractivity contribution in [2.45, 2.75) is 86.2 Å². The molecule has 0 aromatic rings. The molecule has 86 heavy (non-hydrogen) atoms. The minimum Gasteiger partial charge on any atom is -0.246 e. The Morgan fingerprint density at radius 2 is 0.500 bits per heavy atom. The third-order valence-electron chi connectivity index (χ3n) is 3.37. The van der Waals surface area contributed by atoms with E-state index in [1.54, 1.807) is 9.88 Å². The van der Waals surface area contributed by atoms with Gasteiger partial charge in [-0.1, -0.05) is 23.3 Å². The van der Waals surface area contributed by atoms with E-state index in [-0.39, 0.29) is 0 Å². The SMILES string of the molecule is C=C.C=C.C=C.C=C(F)F.FCC(F)(F)OC(F)(F)C(F)(F)OC(F)(F)CF.FCC(F)(F)OF.FCOF.FOC(F)(F)C(F)(F)C(F)(F)F.FOC(F)(F)CC(F)(F)F.FOC(F)(F)CC(F)(F)F.O=S(=O)(F)F.O=S(=O)(F)F.O=S(=O)(F)F. The van der Waals surface area contributed by atoms with Crippen LogP contribution in [0.5, 0.6) is 0 Å². The molecule has 0 aliphatic heterocycles. The number of ether oxygens (including phenoxy) is 2. The first kappa shape index (κ1) is 113. The highest BCUT2D eigenvalue weighted by molar-refractivity contribution is 7.81. The minimum atomic E-state index is -6.57. The Morgan fingerprint density at radius 3 is 0.558 bits per heavy atom. The summed E-state index contributed by atoms with van der Waals surface area (Å²) in [6.07, 6.45) is -67.2. The van der Waals surface area contributed by atoms with Gasteiger partial charge in [0.25, 0.3) is 6.08 Å². The summed E-state index contributed by atoms with van der Waals surface area (Å²) in [7, 11) is -17.0. The van der Waals surface area contributed by atoms with E-state index < -0.39 is 151 Å². The molecule has 534 valence electrons. The average Bonchev–Trinajstić information content (AvgIpc) is 3.27. The van der Waals surface area contributed by atoms with Crippen molar-refractivity contribution in [1.82, 2.24) is 0 Å². The molecule has 0 saturated carbocycles. The lowest BCUT2D eigenvalue weighted by atomic mass is 10.3. The Hall–Kier alpha value is -4.55. The first-order chi connectivity index (χ1) is 37.1. The maximum atomic E-state index is 12.4. The second-order valence-corrected chi connectivity index (χ2v) is 12.3. The Morgan fingerprint density at radius 1 is 0.337 bits per heavy atom. The first-order valence-corrected chi connectivity index (χ1v) is 20.1. The predicted octanol–water partition coefficient (Wildman–Crippen LogP) is 17.5. The largest absolute Gasteiger partial charge is 0.476 e. The summed E-state index contributed by atoms with van der Waals surface area (Å²) >= 11 is 0. The second kappa shape index (κ2) is 49.3. The van der Waals surface area contributed by atoms with E-state index in [1.165, 1.54) is 4.94 Å². The summed E-state index contributed by atoms with van der Waals surface area (Å²) in [5.74, 6) is -6.55. The maximum absolute atomic E-state index is 12.4. The van der Waals surface area contributed by atoms with Crippen LogP contribution in [0.15, 0.2) is 52.1 Å². The van der Waals surface area contributed by atoms with Crippen LogP contribution in [0.3, 0.4) is 0 Å². The van der Waals surface area contributed by atoms with Crippen LogP contribution in [0.4, 0.5) is 191 Å². The smallest absolute Gasteiger partial charge is 0.246 e. The summed E-state index contributed by atoms with van der Waals surface area (Å²) in [5.41, 5.74) is 0. The van der Waals surface area contributed by atoms with Crippen molar-refractivity contribution in [3.63, 3.8) is 0 Å². The van der Waals surface area contributed by atoms with E-state index >= 15 is 0 Å². The molecule has 13 nitrogen and oxygen atoms in total. The molecule has 0 unspecified atom stereocenters. The van der Waals surface area contributed by atoms with Crippen LogP contribution < -0.4 is 0 Å². The van der Waals surface area contributed by atoms with E-state index in [0.29, 0.717) is 0 Å². The van der Waals surface area contributed by atoms with E-state index in [0.717, 1.165) is 0 Å². The summed E-state index contributed by atoms with van der Waals surface area (Å²) in [6, 6.07) is 0. The molecule has 0 aromatic carbocycles. The molecular weight excluding hydrogens is 1450 g/mol. The van der Waals surface area contributed by atoms with Gasteiger partial charge in [-0.15, -0.1) is 59.2 Å². The number of alkyl halides is 31. The zero-order valence-electron chi connectivity index (χ0n) is 38.9. The lowest BCUT2D eigenvalue weighted by Crippen LogP contribution is -2.52. The zero-order chi connectivity index (χ0) is 74.3. The van der Waals surface area contributed by atoms with Gasteiger partial charge in [0.15, 0.2) is 20.0 Å². The van der Waals surface area contributed by atoms with E-state index in [2.05, 4.69) is 60.5 Å². The molecule has 0 fully saturated rings. The van der Waals surface area contributed by atoms with Crippen molar-refractivity contribution in [2.75, 3.05) is 26.9 Å². The number of hydrogen-bond donors (Lipinski definition) is 0. The molecule has 0 radical (unpaired) electrons. The normalized spacial score (nSPS) is 12.2. The second-order valence-electron chi connectivity index (χ2n) is 10.00. The molecule has 0 aromatic heterocycles. The van der Waals surface area contributed by atoms with Crippen LogP contribution in [0.2, 0.25) is 0 Å². The zero-order valence-corrected chi connectivity index (χ0v) is 41.3. The molecule has 0 bridgehead atoms. The Bertz CT molecular complexity index is 1800. The highest BCUT2D eigenvalue weighted by Gasteiger charge is 2.75. The molecule has 0 amide bonds. The quantitative estimate of drug-likeness (QED) is 0.0814. The van der Waals surface area contributed by atoms with Gasteiger partial charge >= 0.3 is 105 Å². The Labute approximate surface area is 447 Å². The molecule has 0 aliphatic rings.